The third-order valence-corrected chi connectivity index (χ3v) is 1.92. The number of anilines is 1. The summed E-state index contributed by atoms with van der Waals surface area (Å²) in [7, 11) is 0. The van der Waals surface area contributed by atoms with E-state index in [4.69, 9.17) is 11.6 Å². The molecule has 0 saturated heterocycles. The number of hydrogen-bond donors (Lipinski definition) is 3. The Morgan fingerprint density at radius 1 is 1.43 bits per heavy atom. The first-order valence-corrected chi connectivity index (χ1v) is 4.79. The second kappa shape index (κ2) is 4.80. The lowest BCUT2D eigenvalue weighted by molar-refractivity contribution is 0.563. The maximum atomic E-state index is 5.59. The van der Waals surface area contributed by atoms with Gasteiger partial charge in [-0.15, -0.1) is 10.2 Å². The Kier molecular flexibility index (Phi) is 3.70. The Labute approximate surface area is 83.6 Å². The number of nitrogens with one attached hydrogen (secondary N) is 1. The summed E-state index contributed by atoms with van der Waals surface area (Å²) in [5.41, 5.74) is 5.44. The van der Waals surface area contributed by atoms with E-state index in [1.54, 1.807) is 0 Å². The molecule has 80 valence electrons. The zero-order chi connectivity index (χ0) is 10.6. The Bertz CT molecular complexity index is 279. The smallest absolute Gasteiger partial charge is 0.240 e. The van der Waals surface area contributed by atoms with E-state index >= 15 is 0 Å². The first kappa shape index (κ1) is 10.8. The number of aromatic nitrogens is 3. The van der Waals surface area contributed by atoms with Gasteiger partial charge in [-0.05, 0) is 13.0 Å². The van der Waals surface area contributed by atoms with Crippen LogP contribution in [0.25, 0.3) is 0 Å². The fourth-order valence-electron chi connectivity index (χ4n) is 1.15. The van der Waals surface area contributed by atoms with Gasteiger partial charge in [0.15, 0.2) is 5.82 Å². The summed E-state index contributed by atoms with van der Waals surface area (Å²) in [5, 5.41) is 10.9. The van der Waals surface area contributed by atoms with E-state index in [1.807, 2.05) is 0 Å². The molecule has 0 aliphatic heterocycles. The van der Waals surface area contributed by atoms with Gasteiger partial charge in [-0.3, -0.25) is 0 Å². The third-order valence-electron chi connectivity index (χ3n) is 1.92. The molecule has 0 unspecified atom stereocenters. The first-order valence-electron chi connectivity index (χ1n) is 4.79. The summed E-state index contributed by atoms with van der Waals surface area (Å²) in [6.07, 6.45) is 1.77. The molecule has 0 saturated carbocycles. The van der Waals surface area contributed by atoms with Gasteiger partial charge in [-0.2, -0.15) is 0 Å². The molecule has 0 bridgehead atoms. The van der Waals surface area contributed by atoms with Crippen molar-refractivity contribution in [3.63, 3.8) is 0 Å². The summed E-state index contributed by atoms with van der Waals surface area (Å²) in [4.78, 5) is 0. The van der Waals surface area contributed by atoms with E-state index < -0.39 is 0 Å². The van der Waals surface area contributed by atoms with E-state index in [2.05, 4.69) is 29.4 Å². The van der Waals surface area contributed by atoms with Crippen LogP contribution in [0.5, 0.6) is 0 Å². The monoisotopic (exact) mass is 198 g/mol. The van der Waals surface area contributed by atoms with Crippen molar-refractivity contribution in [1.82, 2.24) is 20.2 Å². The van der Waals surface area contributed by atoms with Gasteiger partial charge in [0, 0.05) is 12.5 Å². The zero-order valence-corrected chi connectivity index (χ0v) is 8.70. The summed E-state index contributed by atoms with van der Waals surface area (Å²) in [5.74, 6) is 6.58. The average Bonchev–Trinajstić information content (AvgIpc) is 2.43. The summed E-state index contributed by atoms with van der Waals surface area (Å²) in [6.45, 7) is 5.18. The van der Waals surface area contributed by atoms with Crippen LogP contribution in [0.3, 0.4) is 0 Å². The normalized spacial score (nSPS) is 11.1. The molecule has 5 N–H and O–H groups in total. The highest BCUT2D eigenvalue weighted by atomic mass is 15.4. The highest BCUT2D eigenvalue weighted by molar-refractivity contribution is 5.16. The molecule has 6 nitrogen and oxygen atoms in total. The molecule has 0 atom stereocenters. The fourth-order valence-corrected chi connectivity index (χ4v) is 1.15. The van der Waals surface area contributed by atoms with Crippen LogP contribution in [-0.2, 0) is 6.42 Å². The molecule has 1 heterocycles. The molecule has 0 radical (unpaired) electrons. The topological polar surface area (TPSA) is 94.8 Å². The van der Waals surface area contributed by atoms with Gasteiger partial charge >= 0.3 is 0 Å². The van der Waals surface area contributed by atoms with Crippen LogP contribution in [0.4, 0.5) is 5.95 Å². The van der Waals surface area contributed by atoms with Gasteiger partial charge in [-0.25, -0.2) is 4.68 Å². The second-order valence-electron chi connectivity index (χ2n) is 3.56. The van der Waals surface area contributed by atoms with Gasteiger partial charge in [0.25, 0.3) is 0 Å². The third kappa shape index (κ3) is 2.88. The number of nitrogens with zero attached hydrogens (tertiary/aromatic N) is 3. The lowest BCUT2D eigenvalue weighted by Crippen LogP contribution is -2.24. The van der Waals surface area contributed by atoms with E-state index in [0.29, 0.717) is 6.04 Å². The number of rotatable bonds is 5. The molecule has 0 aromatic carbocycles. The van der Waals surface area contributed by atoms with Crippen molar-refractivity contribution < 1.29 is 0 Å². The maximum absolute atomic E-state index is 5.59. The first-order chi connectivity index (χ1) is 6.61. The van der Waals surface area contributed by atoms with Crippen molar-refractivity contribution in [3.8, 4) is 0 Å². The standard InChI is InChI=1S/C8H18N6/c1-6(2)11-5-3-4-7-12-13-8(9)14(7)10/h6,11H,3-5,10H2,1-2H3,(H2,9,13). The Hall–Kier alpha value is -1.30. The quantitative estimate of drug-likeness (QED) is 0.438. The second-order valence-corrected chi connectivity index (χ2v) is 3.56. The molecule has 0 fully saturated rings. The number of aryl methyl sites for hydroxylation is 1. The predicted octanol–water partition coefficient (Wildman–Crippen LogP) is -0.495. The minimum absolute atomic E-state index is 0.261. The van der Waals surface area contributed by atoms with Crippen molar-refractivity contribution in [2.45, 2.75) is 32.7 Å². The molecule has 0 aliphatic rings. The predicted molar refractivity (Wildman–Crippen MR) is 56.0 cm³/mol. The van der Waals surface area contributed by atoms with Crippen LogP contribution in [0.2, 0.25) is 0 Å². The van der Waals surface area contributed by atoms with Gasteiger partial charge in [0.1, 0.15) is 0 Å². The van der Waals surface area contributed by atoms with Crippen LogP contribution in [0, 0.1) is 0 Å². The van der Waals surface area contributed by atoms with Crippen molar-refractivity contribution in [2.24, 2.45) is 0 Å². The zero-order valence-electron chi connectivity index (χ0n) is 8.70. The minimum Gasteiger partial charge on any atom is -0.366 e. The molecular formula is C8H18N6. The van der Waals surface area contributed by atoms with Gasteiger partial charge < -0.3 is 16.9 Å². The van der Waals surface area contributed by atoms with Crippen molar-refractivity contribution in [1.29, 1.82) is 0 Å². The van der Waals surface area contributed by atoms with Crippen LogP contribution >= 0.6 is 0 Å². The van der Waals surface area contributed by atoms with E-state index in [1.165, 1.54) is 4.68 Å². The van der Waals surface area contributed by atoms with Crippen molar-refractivity contribution in [3.05, 3.63) is 5.82 Å². The molecule has 1 rings (SSSR count). The van der Waals surface area contributed by atoms with Crippen LogP contribution in [-0.4, -0.2) is 27.5 Å². The molecule has 0 aliphatic carbocycles. The Morgan fingerprint density at radius 2 is 2.14 bits per heavy atom. The molecule has 14 heavy (non-hydrogen) atoms. The molecule has 1 aromatic rings. The molecular weight excluding hydrogens is 180 g/mol. The number of hydrogen-bond acceptors (Lipinski definition) is 5. The van der Waals surface area contributed by atoms with Crippen LogP contribution in [0.1, 0.15) is 26.1 Å². The number of nitrogens with two attached hydrogens (primary N) is 2. The Morgan fingerprint density at radius 3 is 2.64 bits per heavy atom. The van der Waals surface area contributed by atoms with Crippen molar-refractivity contribution in [2.75, 3.05) is 18.1 Å². The average molecular weight is 198 g/mol. The lowest BCUT2D eigenvalue weighted by Gasteiger charge is -2.06. The van der Waals surface area contributed by atoms with E-state index in [0.717, 1.165) is 25.2 Å². The summed E-state index contributed by atoms with van der Waals surface area (Å²) >= 11 is 0. The lowest BCUT2D eigenvalue weighted by atomic mass is 10.3. The molecule has 0 spiro atoms. The highest BCUT2D eigenvalue weighted by Gasteiger charge is 2.05. The fraction of sp³-hybridized carbons (Fsp3) is 0.750. The van der Waals surface area contributed by atoms with E-state index in [9.17, 15) is 0 Å². The maximum Gasteiger partial charge on any atom is 0.240 e. The number of nitrogen functional groups attached to an aromatic ring is 2. The minimum atomic E-state index is 0.261. The SMILES string of the molecule is CC(C)NCCCc1nnc(N)n1N. The molecule has 1 aromatic heterocycles. The molecule has 6 heteroatoms. The highest BCUT2D eigenvalue weighted by Crippen LogP contribution is 2.00. The summed E-state index contributed by atoms with van der Waals surface area (Å²) in [6, 6.07) is 0.510. The largest absolute Gasteiger partial charge is 0.366 e. The van der Waals surface area contributed by atoms with Gasteiger partial charge in [-0.1, -0.05) is 13.8 Å². The Balaban J connectivity index is 2.28. The summed E-state index contributed by atoms with van der Waals surface area (Å²) < 4.78 is 1.33. The van der Waals surface area contributed by atoms with E-state index in [-0.39, 0.29) is 5.95 Å². The van der Waals surface area contributed by atoms with Crippen molar-refractivity contribution >= 4 is 5.95 Å². The van der Waals surface area contributed by atoms with Crippen LogP contribution in [0.15, 0.2) is 0 Å². The molecule has 0 amide bonds. The van der Waals surface area contributed by atoms with Crippen LogP contribution < -0.4 is 16.9 Å². The van der Waals surface area contributed by atoms with Gasteiger partial charge in [0.05, 0.1) is 0 Å². The van der Waals surface area contributed by atoms with Gasteiger partial charge in [0.2, 0.25) is 5.95 Å².